The molecule has 3 heteroatoms. The number of piperidine rings is 1. The average molecular weight is 218 g/mol. The monoisotopic (exact) mass is 218 g/mol. The Morgan fingerprint density at radius 1 is 1.50 bits per heavy atom. The lowest BCUT2D eigenvalue weighted by atomic mass is 10.1. The number of carbonyl (C=O) groups is 1. The van der Waals surface area contributed by atoms with Crippen molar-refractivity contribution in [2.45, 2.75) is 32.4 Å². The summed E-state index contributed by atoms with van der Waals surface area (Å²) in [7, 11) is 0. The Balaban J connectivity index is 1.81. The van der Waals surface area contributed by atoms with Crippen LogP contribution in [0.2, 0.25) is 0 Å². The van der Waals surface area contributed by atoms with Gasteiger partial charge in [0.15, 0.2) is 0 Å². The smallest absolute Gasteiger partial charge is 0.220 e. The fourth-order valence-electron chi connectivity index (χ4n) is 1.99. The topological polar surface area (TPSA) is 41.1 Å². The van der Waals surface area contributed by atoms with Gasteiger partial charge in [-0.15, -0.1) is 0 Å². The first-order chi connectivity index (χ1) is 7.74. The minimum atomic E-state index is 0.175. The first-order valence-corrected chi connectivity index (χ1v) is 5.79. The number of aryl methyl sites for hydroxylation is 1. The standard InChI is InChI=1S/C13H18N2O/c1-10-3-2-4-11(7-10)8-14-12-5-6-13(16)15-9-12/h2-4,7,12,14H,5-6,8-9H2,1H3,(H,15,16). The normalized spacial score (nSPS) is 20.6. The van der Waals surface area contributed by atoms with E-state index in [2.05, 4.69) is 41.8 Å². The molecule has 0 saturated carbocycles. The fourth-order valence-corrected chi connectivity index (χ4v) is 1.99. The number of amides is 1. The summed E-state index contributed by atoms with van der Waals surface area (Å²) in [6.07, 6.45) is 1.59. The van der Waals surface area contributed by atoms with E-state index >= 15 is 0 Å². The Bertz CT molecular complexity index is 366. The molecule has 1 aliphatic rings. The second kappa shape index (κ2) is 5.12. The second-order valence-corrected chi connectivity index (χ2v) is 4.41. The largest absolute Gasteiger partial charge is 0.355 e. The van der Waals surface area contributed by atoms with Crippen molar-refractivity contribution in [1.29, 1.82) is 0 Å². The van der Waals surface area contributed by atoms with Crippen LogP contribution in [0.1, 0.15) is 24.0 Å². The first kappa shape index (κ1) is 11.1. The Morgan fingerprint density at radius 2 is 2.38 bits per heavy atom. The minimum Gasteiger partial charge on any atom is -0.355 e. The summed E-state index contributed by atoms with van der Waals surface area (Å²) in [4.78, 5) is 11.0. The molecule has 1 unspecified atom stereocenters. The minimum absolute atomic E-state index is 0.175. The van der Waals surface area contributed by atoms with E-state index in [0.717, 1.165) is 19.5 Å². The molecule has 16 heavy (non-hydrogen) atoms. The summed E-state index contributed by atoms with van der Waals surface area (Å²) in [5.41, 5.74) is 2.59. The van der Waals surface area contributed by atoms with Gasteiger partial charge < -0.3 is 10.6 Å². The van der Waals surface area contributed by atoms with Crippen LogP contribution >= 0.6 is 0 Å². The Hall–Kier alpha value is -1.35. The number of rotatable bonds is 3. The maximum absolute atomic E-state index is 11.0. The van der Waals surface area contributed by atoms with Crippen molar-refractivity contribution in [3.63, 3.8) is 0 Å². The van der Waals surface area contributed by atoms with Gasteiger partial charge in [-0.25, -0.2) is 0 Å². The highest BCUT2D eigenvalue weighted by Crippen LogP contribution is 2.06. The van der Waals surface area contributed by atoms with E-state index in [1.807, 2.05) is 0 Å². The molecule has 1 atom stereocenters. The summed E-state index contributed by atoms with van der Waals surface area (Å²) < 4.78 is 0. The van der Waals surface area contributed by atoms with Gasteiger partial charge in [0.05, 0.1) is 0 Å². The van der Waals surface area contributed by atoms with Crippen LogP contribution in [0.4, 0.5) is 0 Å². The van der Waals surface area contributed by atoms with Crippen LogP contribution in [0.15, 0.2) is 24.3 Å². The van der Waals surface area contributed by atoms with Crippen LogP contribution in [0.3, 0.4) is 0 Å². The molecule has 1 aromatic rings. The number of hydrogen-bond acceptors (Lipinski definition) is 2. The van der Waals surface area contributed by atoms with Crippen molar-refractivity contribution in [3.05, 3.63) is 35.4 Å². The molecule has 0 bridgehead atoms. The van der Waals surface area contributed by atoms with Crippen LogP contribution in [0, 0.1) is 6.92 Å². The van der Waals surface area contributed by atoms with Gasteiger partial charge in [-0.3, -0.25) is 4.79 Å². The van der Waals surface area contributed by atoms with Crippen molar-refractivity contribution in [1.82, 2.24) is 10.6 Å². The lowest BCUT2D eigenvalue weighted by Crippen LogP contribution is -2.45. The van der Waals surface area contributed by atoms with Gasteiger partial charge in [0.1, 0.15) is 0 Å². The highest BCUT2D eigenvalue weighted by Gasteiger charge is 2.16. The molecule has 0 radical (unpaired) electrons. The molecular weight excluding hydrogens is 200 g/mol. The van der Waals surface area contributed by atoms with E-state index in [-0.39, 0.29) is 5.91 Å². The van der Waals surface area contributed by atoms with Gasteiger partial charge in [-0.05, 0) is 18.9 Å². The molecule has 1 aromatic carbocycles. The maximum Gasteiger partial charge on any atom is 0.220 e. The summed E-state index contributed by atoms with van der Waals surface area (Å²) in [5, 5.41) is 6.35. The van der Waals surface area contributed by atoms with Crippen LogP contribution < -0.4 is 10.6 Å². The molecule has 3 nitrogen and oxygen atoms in total. The van der Waals surface area contributed by atoms with Gasteiger partial charge in [-0.2, -0.15) is 0 Å². The van der Waals surface area contributed by atoms with Gasteiger partial charge in [0, 0.05) is 25.6 Å². The molecule has 0 aromatic heterocycles. The molecule has 2 rings (SSSR count). The van der Waals surface area contributed by atoms with Crippen LogP contribution in [0.5, 0.6) is 0 Å². The molecule has 0 aliphatic carbocycles. The van der Waals surface area contributed by atoms with Crippen molar-refractivity contribution in [3.8, 4) is 0 Å². The van der Waals surface area contributed by atoms with E-state index in [4.69, 9.17) is 0 Å². The zero-order valence-electron chi connectivity index (χ0n) is 9.62. The first-order valence-electron chi connectivity index (χ1n) is 5.79. The third-order valence-corrected chi connectivity index (χ3v) is 2.94. The number of nitrogens with one attached hydrogen (secondary N) is 2. The molecule has 1 amide bonds. The van der Waals surface area contributed by atoms with E-state index in [9.17, 15) is 4.79 Å². The summed E-state index contributed by atoms with van der Waals surface area (Å²) in [5.74, 6) is 0.175. The Labute approximate surface area is 96.2 Å². The predicted octanol–water partition coefficient (Wildman–Crippen LogP) is 1.36. The molecule has 1 fully saturated rings. The zero-order valence-corrected chi connectivity index (χ0v) is 9.62. The lowest BCUT2D eigenvalue weighted by Gasteiger charge is -2.23. The summed E-state index contributed by atoms with van der Waals surface area (Å²) >= 11 is 0. The SMILES string of the molecule is Cc1cccc(CNC2CCC(=O)NC2)c1. The quantitative estimate of drug-likeness (QED) is 0.804. The van der Waals surface area contributed by atoms with Crippen molar-refractivity contribution >= 4 is 5.91 Å². The van der Waals surface area contributed by atoms with Gasteiger partial charge in [-0.1, -0.05) is 29.8 Å². The fraction of sp³-hybridized carbons (Fsp3) is 0.462. The molecule has 2 N–H and O–H groups in total. The molecule has 86 valence electrons. The third kappa shape index (κ3) is 3.07. The second-order valence-electron chi connectivity index (χ2n) is 4.41. The molecule has 1 saturated heterocycles. The predicted molar refractivity (Wildman–Crippen MR) is 64.1 cm³/mol. The summed E-state index contributed by atoms with van der Waals surface area (Å²) in [6.45, 7) is 3.73. The Morgan fingerprint density at radius 3 is 3.06 bits per heavy atom. The zero-order chi connectivity index (χ0) is 11.4. The van der Waals surface area contributed by atoms with Gasteiger partial charge >= 0.3 is 0 Å². The van der Waals surface area contributed by atoms with E-state index in [1.54, 1.807) is 0 Å². The van der Waals surface area contributed by atoms with Crippen LogP contribution in [0.25, 0.3) is 0 Å². The molecule has 1 heterocycles. The average Bonchev–Trinajstić information content (AvgIpc) is 2.28. The molecule has 1 aliphatic heterocycles. The number of benzene rings is 1. The highest BCUT2D eigenvalue weighted by atomic mass is 16.1. The molecular formula is C13H18N2O. The van der Waals surface area contributed by atoms with Crippen LogP contribution in [-0.2, 0) is 11.3 Å². The van der Waals surface area contributed by atoms with E-state index in [1.165, 1.54) is 11.1 Å². The van der Waals surface area contributed by atoms with Crippen molar-refractivity contribution in [2.24, 2.45) is 0 Å². The van der Waals surface area contributed by atoms with Gasteiger partial charge in [0.25, 0.3) is 0 Å². The number of hydrogen-bond donors (Lipinski definition) is 2. The van der Waals surface area contributed by atoms with Gasteiger partial charge in [0.2, 0.25) is 5.91 Å². The summed E-state index contributed by atoms with van der Waals surface area (Å²) in [6, 6.07) is 8.91. The number of carbonyl (C=O) groups excluding carboxylic acids is 1. The third-order valence-electron chi connectivity index (χ3n) is 2.94. The van der Waals surface area contributed by atoms with E-state index < -0.39 is 0 Å². The van der Waals surface area contributed by atoms with Crippen molar-refractivity contribution < 1.29 is 4.79 Å². The van der Waals surface area contributed by atoms with Crippen molar-refractivity contribution in [2.75, 3.05) is 6.54 Å². The highest BCUT2D eigenvalue weighted by molar-refractivity contribution is 5.76. The van der Waals surface area contributed by atoms with Crippen LogP contribution in [-0.4, -0.2) is 18.5 Å². The molecule has 0 spiro atoms. The Kier molecular flexibility index (Phi) is 3.57. The lowest BCUT2D eigenvalue weighted by molar-refractivity contribution is -0.122. The maximum atomic E-state index is 11.0. The van der Waals surface area contributed by atoms with E-state index in [0.29, 0.717) is 12.5 Å².